The van der Waals surface area contributed by atoms with Crippen molar-refractivity contribution in [1.82, 2.24) is 20.4 Å². The van der Waals surface area contributed by atoms with Crippen molar-refractivity contribution in [3.63, 3.8) is 0 Å². The number of halogens is 1. The summed E-state index contributed by atoms with van der Waals surface area (Å²) in [7, 11) is 0. The van der Waals surface area contributed by atoms with Gasteiger partial charge in [0.15, 0.2) is 0 Å². The highest BCUT2D eigenvalue weighted by molar-refractivity contribution is 5.89. The van der Waals surface area contributed by atoms with E-state index in [4.69, 9.17) is 4.74 Å². The van der Waals surface area contributed by atoms with Gasteiger partial charge in [0, 0.05) is 45.2 Å². The second kappa shape index (κ2) is 12.1. The third-order valence-corrected chi connectivity index (χ3v) is 7.68. The number of ether oxygens (including phenoxy) is 1. The molecular formula is C29H35FN4O5. The molecule has 3 aliphatic heterocycles. The number of hydrogen-bond donors (Lipinski definition) is 3. The van der Waals surface area contributed by atoms with Crippen molar-refractivity contribution in [2.45, 2.75) is 50.4 Å². The standard InChI is InChI=1S/C29H35FN4O5/c30-22-12-20-13-23(16-22)39-11-5-4-9-33-18-21(15-25(33)35)28(37)32-24(14-20)27(36)26-29(38)34(10-8-31-26)17-19-6-2-1-3-7-19/h1-3,6-7,12-13,16,21,24,26-27,31,36H,4-5,8-11,14-15,17-18H2,(H,32,37)/t21-,24?,26-,27-/m0/s1. The molecule has 4 bridgehead atoms. The Morgan fingerprint density at radius 3 is 2.69 bits per heavy atom. The van der Waals surface area contributed by atoms with Crippen molar-refractivity contribution < 1.29 is 28.6 Å². The van der Waals surface area contributed by atoms with Crippen LogP contribution in [0.15, 0.2) is 48.5 Å². The molecule has 0 saturated carbocycles. The van der Waals surface area contributed by atoms with E-state index in [1.54, 1.807) is 15.9 Å². The normalized spacial score (nSPS) is 25.4. The Morgan fingerprint density at radius 1 is 1.05 bits per heavy atom. The molecule has 208 valence electrons. The lowest BCUT2D eigenvalue weighted by atomic mass is 9.93. The Balaban J connectivity index is 1.39. The van der Waals surface area contributed by atoms with Gasteiger partial charge in [0.1, 0.15) is 17.6 Å². The van der Waals surface area contributed by atoms with Gasteiger partial charge in [-0.1, -0.05) is 30.3 Å². The SMILES string of the molecule is O=C1NC([C@H](O)[C@@H]2NCCN(Cc3ccccc3)C2=O)Cc2cc(F)cc(c2)OCCCCN2C[C@@H]1CC2=O. The third-order valence-electron chi connectivity index (χ3n) is 7.68. The maximum atomic E-state index is 14.5. The number of carbonyl (C=O) groups is 3. The second-order valence-electron chi connectivity index (χ2n) is 10.6. The van der Waals surface area contributed by atoms with Crippen LogP contribution in [-0.4, -0.2) is 83.6 Å². The van der Waals surface area contributed by atoms with Crippen molar-refractivity contribution in [2.75, 3.05) is 32.8 Å². The zero-order valence-electron chi connectivity index (χ0n) is 21.9. The van der Waals surface area contributed by atoms with Crippen molar-refractivity contribution in [3.8, 4) is 5.75 Å². The number of rotatable bonds is 4. The van der Waals surface area contributed by atoms with E-state index >= 15 is 0 Å². The molecule has 4 atom stereocenters. The largest absolute Gasteiger partial charge is 0.493 e. The lowest BCUT2D eigenvalue weighted by Gasteiger charge is -2.38. The molecule has 1 unspecified atom stereocenters. The van der Waals surface area contributed by atoms with E-state index in [9.17, 15) is 23.9 Å². The Bertz CT molecular complexity index is 1200. The van der Waals surface area contributed by atoms with Crippen LogP contribution in [-0.2, 0) is 27.3 Å². The lowest BCUT2D eigenvalue weighted by molar-refractivity contribution is -0.141. The summed E-state index contributed by atoms with van der Waals surface area (Å²) in [4.78, 5) is 42.7. The van der Waals surface area contributed by atoms with Crippen LogP contribution < -0.4 is 15.4 Å². The fourth-order valence-corrected chi connectivity index (χ4v) is 5.60. The van der Waals surface area contributed by atoms with Crippen molar-refractivity contribution in [2.24, 2.45) is 5.92 Å². The number of nitrogens with one attached hydrogen (secondary N) is 2. The Hall–Kier alpha value is -3.50. The van der Waals surface area contributed by atoms with Crippen LogP contribution in [0.3, 0.4) is 0 Å². The molecule has 3 heterocycles. The van der Waals surface area contributed by atoms with Crippen LogP contribution in [0.2, 0.25) is 0 Å². The molecule has 0 radical (unpaired) electrons. The summed E-state index contributed by atoms with van der Waals surface area (Å²) >= 11 is 0. The Morgan fingerprint density at radius 2 is 1.87 bits per heavy atom. The minimum atomic E-state index is -1.29. The molecule has 2 aromatic rings. The molecule has 0 aromatic heterocycles. The van der Waals surface area contributed by atoms with Gasteiger partial charge < -0.3 is 30.3 Å². The summed E-state index contributed by atoms with van der Waals surface area (Å²) in [5.74, 6) is -1.38. The average Bonchev–Trinajstić information content (AvgIpc) is 3.29. The summed E-state index contributed by atoms with van der Waals surface area (Å²) in [6, 6.07) is 12.1. The Kier molecular flexibility index (Phi) is 8.42. The molecule has 2 aromatic carbocycles. The summed E-state index contributed by atoms with van der Waals surface area (Å²) in [5.41, 5.74) is 1.50. The molecular weight excluding hydrogens is 503 g/mol. The predicted octanol–water partition coefficient (Wildman–Crippen LogP) is 1.24. The number of hydrogen-bond acceptors (Lipinski definition) is 6. The minimum Gasteiger partial charge on any atom is -0.493 e. The first-order valence-corrected chi connectivity index (χ1v) is 13.6. The zero-order valence-corrected chi connectivity index (χ0v) is 21.9. The number of aliphatic hydroxyl groups excluding tert-OH is 1. The smallest absolute Gasteiger partial charge is 0.242 e. The van der Waals surface area contributed by atoms with Crippen molar-refractivity contribution in [3.05, 3.63) is 65.5 Å². The molecule has 0 spiro atoms. The van der Waals surface area contributed by atoms with Gasteiger partial charge >= 0.3 is 0 Å². The summed E-state index contributed by atoms with van der Waals surface area (Å²) in [6.07, 6.45) is 0.272. The van der Waals surface area contributed by atoms with E-state index in [1.807, 2.05) is 30.3 Å². The fraction of sp³-hybridized carbons (Fsp3) is 0.483. The maximum Gasteiger partial charge on any atom is 0.242 e. The molecule has 9 nitrogen and oxygen atoms in total. The van der Waals surface area contributed by atoms with E-state index in [0.29, 0.717) is 63.5 Å². The summed E-state index contributed by atoms with van der Waals surface area (Å²) in [5, 5.41) is 17.5. The van der Waals surface area contributed by atoms with Crippen molar-refractivity contribution in [1.29, 1.82) is 0 Å². The van der Waals surface area contributed by atoms with Crippen LogP contribution in [0.25, 0.3) is 0 Å². The highest BCUT2D eigenvalue weighted by Crippen LogP contribution is 2.23. The van der Waals surface area contributed by atoms with Gasteiger partial charge in [0.2, 0.25) is 17.7 Å². The Labute approximate surface area is 227 Å². The van der Waals surface area contributed by atoms with Gasteiger partial charge in [-0.15, -0.1) is 0 Å². The highest BCUT2D eigenvalue weighted by atomic mass is 19.1. The first-order chi connectivity index (χ1) is 18.9. The van der Waals surface area contributed by atoms with Gasteiger partial charge in [-0.2, -0.15) is 0 Å². The first kappa shape index (κ1) is 27.1. The number of benzene rings is 2. The molecule has 5 rings (SSSR count). The van der Waals surface area contributed by atoms with E-state index in [0.717, 1.165) is 5.56 Å². The fourth-order valence-electron chi connectivity index (χ4n) is 5.60. The molecule has 2 saturated heterocycles. The van der Waals surface area contributed by atoms with Gasteiger partial charge in [-0.25, -0.2) is 4.39 Å². The van der Waals surface area contributed by atoms with E-state index < -0.39 is 29.9 Å². The summed E-state index contributed by atoms with van der Waals surface area (Å²) in [6.45, 7) is 2.57. The molecule has 39 heavy (non-hydrogen) atoms. The zero-order chi connectivity index (χ0) is 27.4. The number of carbonyl (C=O) groups excluding carboxylic acids is 3. The van der Waals surface area contributed by atoms with Crippen LogP contribution in [0, 0.1) is 11.7 Å². The van der Waals surface area contributed by atoms with Gasteiger partial charge in [-0.05, 0) is 42.5 Å². The van der Waals surface area contributed by atoms with E-state index in [2.05, 4.69) is 10.6 Å². The number of amides is 3. The number of piperazine rings is 1. The highest BCUT2D eigenvalue weighted by Gasteiger charge is 2.40. The molecule has 3 aliphatic rings. The molecule has 3 N–H and O–H groups in total. The van der Waals surface area contributed by atoms with E-state index in [1.165, 1.54) is 12.1 Å². The van der Waals surface area contributed by atoms with E-state index in [-0.39, 0.29) is 30.6 Å². The lowest BCUT2D eigenvalue weighted by Crippen LogP contribution is -2.64. The molecule has 3 amide bonds. The van der Waals surface area contributed by atoms with Crippen molar-refractivity contribution >= 4 is 17.7 Å². The third kappa shape index (κ3) is 6.57. The quantitative estimate of drug-likeness (QED) is 0.540. The van der Waals surface area contributed by atoms with Gasteiger partial charge in [-0.3, -0.25) is 14.4 Å². The summed E-state index contributed by atoms with van der Waals surface area (Å²) < 4.78 is 20.3. The molecule has 0 aliphatic carbocycles. The number of aliphatic hydroxyl groups is 1. The molecule has 10 heteroatoms. The topological polar surface area (TPSA) is 111 Å². The first-order valence-electron chi connectivity index (χ1n) is 13.6. The minimum absolute atomic E-state index is 0.0757. The van der Waals surface area contributed by atoms with Crippen LogP contribution >= 0.6 is 0 Å². The van der Waals surface area contributed by atoms with Crippen LogP contribution in [0.5, 0.6) is 5.75 Å². The maximum absolute atomic E-state index is 14.5. The van der Waals surface area contributed by atoms with Gasteiger partial charge in [0.05, 0.1) is 24.7 Å². The predicted molar refractivity (Wildman–Crippen MR) is 141 cm³/mol. The molecule has 2 fully saturated rings. The monoisotopic (exact) mass is 538 g/mol. The second-order valence-corrected chi connectivity index (χ2v) is 10.6. The van der Waals surface area contributed by atoms with Crippen LogP contribution in [0.4, 0.5) is 4.39 Å². The average molecular weight is 539 g/mol. The van der Waals surface area contributed by atoms with Crippen LogP contribution in [0.1, 0.15) is 30.4 Å². The van der Waals surface area contributed by atoms with Gasteiger partial charge in [0.25, 0.3) is 0 Å². The number of fused-ring (bicyclic) bond motifs is 4. The number of nitrogens with zero attached hydrogens (tertiary/aromatic N) is 2.